The monoisotopic (exact) mass is 531 g/mol. The van der Waals surface area contributed by atoms with Gasteiger partial charge in [0.25, 0.3) is 0 Å². The SMILES string of the molecule is CCCCC(N)CCCC(CCC([N-]c1ccc[nH]1)C(=CC(=O)O)CN=C(N)N)c1ccc2ccccc2c1. The van der Waals surface area contributed by atoms with Gasteiger partial charge in [-0.15, -0.1) is 0 Å². The van der Waals surface area contributed by atoms with Crippen LogP contribution in [0.25, 0.3) is 16.1 Å². The van der Waals surface area contributed by atoms with E-state index in [0.29, 0.717) is 17.8 Å². The molecule has 1 aromatic heterocycles. The standard InChI is InChI=1S/C31H43N6O2/c1-2-3-11-27(32)12-6-10-23(25-15-14-22-8-4-5-9-24(22)19-25)16-17-28(37-29-13-7-18-35-29)26(20-30(38)39)21-36-31(33)34/h4-5,7-9,13-15,18-20,23,27-28,35H,2-3,6,10-12,16-17,21,32H2,1H3,(H,38,39)(H4,33,34,36)/q-1. The zero-order valence-electron chi connectivity index (χ0n) is 22.9. The van der Waals surface area contributed by atoms with Crippen molar-refractivity contribution in [1.82, 2.24) is 4.98 Å². The molecule has 2 aromatic carbocycles. The summed E-state index contributed by atoms with van der Waals surface area (Å²) in [5.41, 5.74) is 19.4. The van der Waals surface area contributed by atoms with Gasteiger partial charge in [-0.1, -0.05) is 92.8 Å². The van der Waals surface area contributed by atoms with Crippen LogP contribution in [0.5, 0.6) is 0 Å². The molecule has 0 radical (unpaired) electrons. The largest absolute Gasteiger partial charge is 0.478 e. The van der Waals surface area contributed by atoms with Crippen molar-refractivity contribution in [2.45, 2.75) is 76.3 Å². The van der Waals surface area contributed by atoms with Gasteiger partial charge in [-0.2, -0.15) is 0 Å². The van der Waals surface area contributed by atoms with Crippen LogP contribution in [0.1, 0.15) is 69.8 Å². The first kappa shape index (κ1) is 29.8. The predicted octanol–water partition coefficient (Wildman–Crippen LogP) is 6.08. The van der Waals surface area contributed by atoms with Crippen molar-refractivity contribution in [3.63, 3.8) is 0 Å². The van der Waals surface area contributed by atoms with Gasteiger partial charge in [0.05, 0.1) is 6.54 Å². The normalized spacial score (nSPS) is 14.1. The first-order chi connectivity index (χ1) is 18.9. The number of nitrogens with zero attached hydrogens (tertiary/aromatic N) is 2. The van der Waals surface area contributed by atoms with Gasteiger partial charge in [0.1, 0.15) is 0 Å². The minimum atomic E-state index is -1.05. The van der Waals surface area contributed by atoms with Crippen LogP contribution in [-0.4, -0.2) is 40.6 Å². The van der Waals surface area contributed by atoms with Crippen LogP contribution in [0.2, 0.25) is 0 Å². The number of carboxylic acid groups (broad SMARTS) is 1. The Morgan fingerprint density at radius 2 is 1.77 bits per heavy atom. The first-order valence-electron chi connectivity index (χ1n) is 13.9. The molecular weight excluding hydrogens is 488 g/mol. The summed E-state index contributed by atoms with van der Waals surface area (Å²) in [6, 6.07) is 18.6. The number of aromatic nitrogens is 1. The number of nitrogens with one attached hydrogen (secondary N) is 1. The molecule has 0 aliphatic rings. The highest BCUT2D eigenvalue weighted by Gasteiger charge is 2.18. The maximum Gasteiger partial charge on any atom is 0.328 e. The lowest BCUT2D eigenvalue weighted by molar-refractivity contribution is -0.131. The number of unbranched alkanes of at least 4 members (excludes halogenated alkanes) is 1. The van der Waals surface area contributed by atoms with Gasteiger partial charge in [0.15, 0.2) is 5.96 Å². The number of fused-ring (bicyclic) bond motifs is 1. The Kier molecular flexibility index (Phi) is 11.9. The Labute approximate surface area is 231 Å². The summed E-state index contributed by atoms with van der Waals surface area (Å²) < 4.78 is 0. The van der Waals surface area contributed by atoms with Gasteiger partial charge in [-0.25, -0.2) is 9.79 Å². The summed E-state index contributed by atoms with van der Waals surface area (Å²) in [6.07, 6.45) is 10.9. The lowest BCUT2D eigenvalue weighted by Crippen LogP contribution is -2.24. The Balaban J connectivity index is 1.83. The number of H-pyrrole nitrogens is 1. The molecule has 210 valence electrons. The molecule has 0 bridgehead atoms. The average Bonchev–Trinajstić information content (AvgIpc) is 3.43. The van der Waals surface area contributed by atoms with E-state index >= 15 is 0 Å². The molecule has 8 nitrogen and oxygen atoms in total. The number of benzene rings is 2. The fraction of sp³-hybridized carbons (Fsp3) is 0.419. The second-order valence-electron chi connectivity index (χ2n) is 10.2. The number of carbonyl (C=O) groups is 1. The molecule has 3 atom stereocenters. The second-order valence-corrected chi connectivity index (χ2v) is 10.2. The third kappa shape index (κ3) is 10.1. The van der Waals surface area contributed by atoms with E-state index in [9.17, 15) is 9.90 Å². The van der Waals surface area contributed by atoms with E-state index in [4.69, 9.17) is 22.5 Å². The highest BCUT2D eigenvalue weighted by atomic mass is 16.4. The summed E-state index contributed by atoms with van der Waals surface area (Å²) in [7, 11) is 0. The van der Waals surface area contributed by atoms with Crippen LogP contribution in [0.3, 0.4) is 0 Å². The van der Waals surface area contributed by atoms with E-state index in [1.165, 1.54) is 22.4 Å². The van der Waals surface area contributed by atoms with Gasteiger partial charge in [-0.3, -0.25) is 0 Å². The highest BCUT2D eigenvalue weighted by Crippen LogP contribution is 2.34. The van der Waals surface area contributed by atoms with Crippen molar-refractivity contribution in [2.75, 3.05) is 6.54 Å². The van der Waals surface area contributed by atoms with Gasteiger partial charge in [0, 0.05) is 12.1 Å². The number of guanidine groups is 1. The maximum atomic E-state index is 11.7. The van der Waals surface area contributed by atoms with E-state index in [1.807, 2.05) is 12.1 Å². The summed E-state index contributed by atoms with van der Waals surface area (Å²) in [5, 5.41) is 16.8. The number of aliphatic imine (C=N–C) groups is 1. The molecule has 3 unspecified atom stereocenters. The average molecular weight is 532 g/mol. The molecule has 0 amide bonds. The van der Waals surface area contributed by atoms with Crippen molar-refractivity contribution < 1.29 is 9.90 Å². The zero-order chi connectivity index (χ0) is 28.0. The lowest BCUT2D eigenvalue weighted by atomic mass is 9.85. The van der Waals surface area contributed by atoms with Crippen molar-refractivity contribution in [3.05, 3.63) is 83.3 Å². The maximum absolute atomic E-state index is 11.7. The number of nitrogens with two attached hydrogens (primary N) is 3. The second kappa shape index (κ2) is 15.6. The van der Waals surface area contributed by atoms with Gasteiger partial charge < -0.3 is 32.6 Å². The van der Waals surface area contributed by atoms with E-state index in [-0.39, 0.29) is 24.5 Å². The Hall–Kier alpha value is -3.78. The molecule has 39 heavy (non-hydrogen) atoms. The van der Waals surface area contributed by atoms with Crippen LogP contribution in [0.4, 0.5) is 5.82 Å². The molecule has 3 rings (SSSR count). The molecule has 8 N–H and O–H groups in total. The number of aliphatic carboxylic acids is 1. The summed E-state index contributed by atoms with van der Waals surface area (Å²) >= 11 is 0. The molecular formula is C31H43N6O2-. The van der Waals surface area contributed by atoms with Crippen LogP contribution in [-0.2, 0) is 4.79 Å². The van der Waals surface area contributed by atoms with Crippen LogP contribution in [0.15, 0.2) is 77.4 Å². The molecule has 0 spiro atoms. The van der Waals surface area contributed by atoms with E-state index in [2.05, 4.69) is 59.4 Å². The molecule has 0 aliphatic heterocycles. The highest BCUT2D eigenvalue weighted by molar-refractivity contribution is 5.83. The van der Waals surface area contributed by atoms with Crippen molar-refractivity contribution in [1.29, 1.82) is 0 Å². The minimum Gasteiger partial charge on any atom is -0.478 e. The Morgan fingerprint density at radius 3 is 2.46 bits per heavy atom. The van der Waals surface area contributed by atoms with Crippen LogP contribution in [0, 0.1) is 0 Å². The number of carboxylic acids is 1. The third-order valence-electron chi connectivity index (χ3n) is 7.15. The van der Waals surface area contributed by atoms with E-state index in [0.717, 1.165) is 44.9 Å². The molecule has 0 fully saturated rings. The molecule has 0 aliphatic carbocycles. The summed E-state index contributed by atoms with van der Waals surface area (Å²) in [5.74, 6) is -0.165. The fourth-order valence-electron chi connectivity index (χ4n) is 5.03. The Morgan fingerprint density at radius 1 is 1.00 bits per heavy atom. The molecule has 0 saturated heterocycles. The number of hydrogen-bond donors (Lipinski definition) is 5. The van der Waals surface area contributed by atoms with Crippen LogP contribution >= 0.6 is 0 Å². The first-order valence-corrected chi connectivity index (χ1v) is 13.9. The molecule has 3 aromatic rings. The number of hydrogen-bond acceptors (Lipinski definition) is 3. The summed E-state index contributed by atoms with van der Waals surface area (Å²) in [4.78, 5) is 18.9. The predicted molar refractivity (Wildman–Crippen MR) is 161 cm³/mol. The van der Waals surface area contributed by atoms with Gasteiger partial charge in [-0.05, 0) is 66.0 Å². The fourth-order valence-corrected chi connectivity index (χ4v) is 5.03. The smallest absolute Gasteiger partial charge is 0.328 e. The van der Waals surface area contributed by atoms with Gasteiger partial charge in [0.2, 0.25) is 0 Å². The zero-order valence-corrected chi connectivity index (χ0v) is 22.9. The topological polar surface area (TPSA) is 158 Å². The Bertz CT molecular complexity index is 1220. The van der Waals surface area contributed by atoms with Crippen molar-refractivity contribution in [2.24, 2.45) is 22.2 Å². The summed E-state index contributed by atoms with van der Waals surface area (Å²) in [6.45, 7) is 2.27. The molecule has 0 saturated carbocycles. The van der Waals surface area contributed by atoms with Gasteiger partial charge >= 0.3 is 5.97 Å². The number of aromatic amines is 1. The van der Waals surface area contributed by atoms with E-state index in [1.54, 1.807) is 6.20 Å². The quantitative estimate of drug-likeness (QED) is 0.0810. The molecule has 8 heteroatoms. The molecule has 1 heterocycles. The van der Waals surface area contributed by atoms with E-state index < -0.39 is 12.0 Å². The lowest BCUT2D eigenvalue weighted by Gasteiger charge is -2.29. The van der Waals surface area contributed by atoms with Crippen molar-refractivity contribution >= 4 is 28.5 Å². The van der Waals surface area contributed by atoms with Crippen LogP contribution < -0.4 is 17.2 Å². The minimum absolute atomic E-state index is 0.0798. The van der Waals surface area contributed by atoms with Crippen molar-refractivity contribution in [3.8, 4) is 0 Å². The third-order valence-corrected chi connectivity index (χ3v) is 7.15. The number of rotatable bonds is 17.